The molecule has 2 rings (SSSR count). The Bertz CT molecular complexity index is 694. The van der Waals surface area contributed by atoms with Crippen LogP contribution < -0.4 is 5.32 Å². The molecule has 0 aromatic heterocycles. The zero-order chi connectivity index (χ0) is 17.9. The van der Waals surface area contributed by atoms with Crippen molar-refractivity contribution < 1.29 is 24.2 Å². The molecule has 1 aliphatic carbocycles. The Hall–Kier alpha value is -2.63. The van der Waals surface area contributed by atoms with Crippen LogP contribution in [0.4, 0.5) is 5.69 Å². The maximum Gasteiger partial charge on any atom is 0.339 e. The van der Waals surface area contributed by atoms with Gasteiger partial charge in [-0.2, -0.15) is 0 Å². The summed E-state index contributed by atoms with van der Waals surface area (Å²) in [5, 5.41) is 12.2. The number of ether oxygens (including phenoxy) is 1. The van der Waals surface area contributed by atoms with E-state index in [-0.39, 0.29) is 11.5 Å². The first-order valence-electron chi connectivity index (χ1n) is 7.73. The molecule has 0 heterocycles. The average molecular weight is 331 g/mol. The maximum atomic E-state index is 12.7. The fourth-order valence-corrected chi connectivity index (χ4v) is 3.22. The molecule has 6 nitrogen and oxygen atoms in total. The van der Waals surface area contributed by atoms with E-state index in [1.807, 2.05) is 13.0 Å². The van der Waals surface area contributed by atoms with Crippen LogP contribution >= 0.6 is 0 Å². The third-order valence-corrected chi connectivity index (χ3v) is 4.30. The van der Waals surface area contributed by atoms with Gasteiger partial charge in [0, 0.05) is 0 Å². The van der Waals surface area contributed by atoms with Crippen LogP contribution in [0.15, 0.2) is 35.9 Å². The second-order valence-corrected chi connectivity index (χ2v) is 6.07. The van der Waals surface area contributed by atoms with Crippen molar-refractivity contribution in [3.63, 3.8) is 0 Å². The van der Waals surface area contributed by atoms with E-state index in [4.69, 9.17) is 4.74 Å². The number of methoxy groups -OCH3 is 1. The summed E-state index contributed by atoms with van der Waals surface area (Å²) in [6.07, 6.45) is 2.28. The van der Waals surface area contributed by atoms with Gasteiger partial charge in [-0.25, -0.2) is 4.79 Å². The van der Waals surface area contributed by atoms with Gasteiger partial charge < -0.3 is 15.2 Å². The predicted molar refractivity (Wildman–Crippen MR) is 88.6 cm³/mol. The summed E-state index contributed by atoms with van der Waals surface area (Å²) in [6.45, 7) is 3.68. The average Bonchev–Trinajstić information content (AvgIpc) is 2.53. The first kappa shape index (κ1) is 17.7. The third-order valence-electron chi connectivity index (χ3n) is 4.30. The number of carboxylic acids is 1. The van der Waals surface area contributed by atoms with Crippen molar-refractivity contribution in [2.24, 2.45) is 17.8 Å². The van der Waals surface area contributed by atoms with Gasteiger partial charge in [0.2, 0.25) is 5.91 Å². The number of benzene rings is 1. The number of aliphatic carboxylic acids is 1. The van der Waals surface area contributed by atoms with Gasteiger partial charge in [-0.3, -0.25) is 9.59 Å². The molecule has 0 radical (unpaired) electrons. The molecule has 1 aromatic carbocycles. The lowest BCUT2D eigenvalue weighted by Gasteiger charge is -2.31. The molecule has 0 saturated heterocycles. The van der Waals surface area contributed by atoms with Crippen LogP contribution in [0.2, 0.25) is 0 Å². The van der Waals surface area contributed by atoms with Gasteiger partial charge in [0.25, 0.3) is 0 Å². The fourth-order valence-electron chi connectivity index (χ4n) is 3.22. The van der Waals surface area contributed by atoms with Crippen LogP contribution in [-0.2, 0) is 14.3 Å². The van der Waals surface area contributed by atoms with Crippen molar-refractivity contribution in [3.05, 3.63) is 41.5 Å². The summed E-state index contributed by atoms with van der Waals surface area (Å²) in [7, 11) is 1.26. The van der Waals surface area contributed by atoms with Crippen molar-refractivity contribution >= 4 is 23.5 Å². The number of para-hydroxylation sites is 1. The number of allylic oxidation sites excluding steroid dienone is 2. The second-order valence-electron chi connectivity index (χ2n) is 6.07. The fraction of sp³-hybridized carbons (Fsp3) is 0.389. The topological polar surface area (TPSA) is 92.7 Å². The molecule has 1 aromatic rings. The number of rotatable bonds is 4. The van der Waals surface area contributed by atoms with Gasteiger partial charge in [-0.05, 0) is 31.4 Å². The van der Waals surface area contributed by atoms with Crippen LogP contribution in [0.5, 0.6) is 0 Å². The lowest BCUT2D eigenvalue weighted by atomic mass is 9.73. The predicted octanol–water partition coefficient (Wildman–Crippen LogP) is 2.71. The first-order valence-corrected chi connectivity index (χ1v) is 7.73. The van der Waals surface area contributed by atoms with E-state index < -0.39 is 29.7 Å². The Labute approximate surface area is 140 Å². The Balaban J connectivity index is 2.28. The summed E-state index contributed by atoms with van der Waals surface area (Å²) in [5.41, 5.74) is 1.54. The second kappa shape index (κ2) is 7.29. The van der Waals surface area contributed by atoms with Gasteiger partial charge in [0.05, 0.1) is 30.2 Å². The number of carbonyl (C=O) groups excluding carboxylic acids is 2. The summed E-state index contributed by atoms with van der Waals surface area (Å²) in [5.74, 6) is -3.67. The molecule has 0 spiro atoms. The van der Waals surface area contributed by atoms with Gasteiger partial charge in [0.15, 0.2) is 0 Å². The van der Waals surface area contributed by atoms with E-state index in [1.54, 1.807) is 31.2 Å². The van der Waals surface area contributed by atoms with Crippen LogP contribution in [0.3, 0.4) is 0 Å². The normalized spacial score (nSPS) is 23.1. The van der Waals surface area contributed by atoms with Gasteiger partial charge in [-0.1, -0.05) is 30.7 Å². The standard InChI is InChI=1S/C18H21NO5/c1-10-8-11(2)15(17(21)22)13(9-10)16(20)19-14-7-5-4-6-12(14)18(23)24-3/h4-8,11,13,15H,9H2,1-3H3,(H,19,20)(H,21,22)/t11-,13+,15+/m0/s1. The summed E-state index contributed by atoms with van der Waals surface area (Å²) >= 11 is 0. The Morgan fingerprint density at radius 2 is 1.92 bits per heavy atom. The summed E-state index contributed by atoms with van der Waals surface area (Å²) < 4.78 is 4.70. The van der Waals surface area contributed by atoms with E-state index in [2.05, 4.69) is 5.32 Å². The molecule has 24 heavy (non-hydrogen) atoms. The minimum Gasteiger partial charge on any atom is -0.481 e. The van der Waals surface area contributed by atoms with Crippen molar-refractivity contribution in [2.75, 3.05) is 12.4 Å². The molecule has 1 amide bonds. The highest BCUT2D eigenvalue weighted by Gasteiger charge is 2.39. The molecule has 3 atom stereocenters. The van der Waals surface area contributed by atoms with E-state index in [0.717, 1.165) is 5.57 Å². The summed E-state index contributed by atoms with van der Waals surface area (Å²) in [4.78, 5) is 36.1. The minimum atomic E-state index is -0.993. The quantitative estimate of drug-likeness (QED) is 0.654. The van der Waals surface area contributed by atoms with Crippen molar-refractivity contribution in [1.29, 1.82) is 0 Å². The van der Waals surface area contributed by atoms with Gasteiger partial charge >= 0.3 is 11.9 Å². The highest BCUT2D eigenvalue weighted by Crippen LogP contribution is 2.35. The van der Waals surface area contributed by atoms with E-state index in [0.29, 0.717) is 12.1 Å². The smallest absolute Gasteiger partial charge is 0.339 e. The number of hydrogen-bond donors (Lipinski definition) is 2. The minimum absolute atomic E-state index is 0.233. The number of nitrogens with one attached hydrogen (secondary N) is 1. The number of hydrogen-bond acceptors (Lipinski definition) is 4. The summed E-state index contributed by atoms with van der Waals surface area (Å²) in [6, 6.07) is 6.49. The van der Waals surface area contributed by atoms with Gasteiger partial charge in [-0.15, -0.1) is 0 Å². The van der Waals surface area contributed by atoms with E-state index in [1.165, 1.54) is 7.11 Å². The van der Waals surface area contributed by atoms with Crippen LogP contribution in [0.25, 0.3) is 0 Å². The van der Waals surface area contributed by atoms with Crippen molar-refractivity contribution in [1.82, 2.24) is 0 Å². The highest BCUT2D eigenvalue weighted by molar-refractivity contribution is 6.02. The van der Waals surface area contributed by atoms with Crippen LogP contribution in [0.1, 0.15) is 30.6 Å². The molecule has 0 bridgehead atoms. The molecule has 0 aliphatic heterocycles. The lowest BCUT2D eigenvalue weighted by Crippen LogP contribution is -2.39. The number of esters is 1. The Morgan fingerprint density at radius 3 is 2.54 bits per heavy atom. The number of carboxylic acid groups (broad SMARTS) is 1. The first-order chi connectivity index (χ1) is 11.3. The molecule has 6 heteroatoms. The monoisotopic (exact) mass is 331 g/mol. The molecular formula is C18H21NO5. The van der Waals surface area contributed by atoms with E-state index >= 15 is 0 Å². The van der Waals surface area contributed by atoms with Crippen LogP contribution in [0, 0.1) is 17.8 Å². The zero-order valence-electron chi connectivity index (χ0n) is 13.9. The van der Waals surface area contributed by atoms with Crippen molar-refractivity contribution in [3.8, 4) is 0 Å². The molecule has 2 N–H and O–H groups in total. The van der Waals surface area contributed by atoms with Crippen molar-refractivity contribution in [2.45, 2.75) is 20.3 Å². The molecule has 0 unspecified atom stereocenters. The number of amides is 1. The maximum absolute atomic E-state index is 12.7. The zero-order valence-corrected chi connectivity index (χ0v) is 13.9. The molecular weight excluding hydrogens is 310 g/mol. The number of carbonyl (C=O) groups is 3. The Morgan fingerprint density at radius 1 is 1.25 bits per heavy atom. The van der Waals surface area contributed by atoms with Gasteiger partial charge in [0.1, 0.15) is 0 Å². The Kier molecular flexibility index (Phi) is 5.39. The van der Waals surface area contributed by atoms with E-state index in [9.17, 15) is 19.5 Å². The molecule has 128 valence electrons. The lowest BCUT2D eigenvalue weighted by molar-refractivity contribution is -0.148. The molecule has 1 aliphatic rings. The largest absolute Gasteiger partial charge is 0.481 e. The SMILES string of the molecule is COC(=O)c1ccccc1NC(=O)[C@@H]1CC(C)=C[C@H](C)[C@H]1C(=O)O. The number of anilines is 1. The molecule has 0 fully saturated rings. The third kappa shape index (κ3) is 3.64. The highest BCUT2D eigenvalue weighted by atomic mass is 16.5. The molecule has 0 saturated carbocycles. The van der Waals surface area contributed by atoms with Crippen LogP contribution in [-0.4, -0.2) is 30.1 Å².